The highest BCUT2D eigenvalue weighted by molar-refractivity contribution is 5.95. The van der Waals surface area contributed by atoms with Gasteiger partial charge >= 0.3 is 0 Å². The van der Waals surface area contributed by atoms with Gasteiger partial charge in [0.15, 0.2) is 0 Å². The average molecular weight is 355 g/mol. The second-order valence-corrected chi connectivity index (χ2v) is 6.63. The van der Waals surface area contributed by atoms with E-state index in [-0.39, 0.29) is 11.8 Å². The normalized spacial score (nSPS) is 20.0. The monoisotopic (exact) mass is 355 g/mol. The van der Waals surface area contributed by atoms with Crippen molar-refractivity contribution < 1.29 is 14.3 Å². The summed E-state index contributed by atoms with van der Waals surface area (Å²) in [5, 5.41) is 4.50. The third-order valence-electron chi connectivity index (χ3n) is 4.85. The summed E-state index contributed by atoms with van der Waals surface area (Å²) in [6, 6.07) is 3.48. The van der Waals surface area contributed by atoms with Crippen molar-refractivity contribution in [3.8, 4) is 0 Å². The van der Waals surface area contributed by atoms with E-state index in [4.69, 9.17) is 4.74 Å². The van der Waals surface area contributed by atoms with Crippen molar-refractivity contribution in [2.24, 2.45) is 7.05 Å². The molecule has 0 unspecified atom stereocenters. The summed E-state index contributed by atoms with van der Waals surface area (Å²) in [6.45, 7) is 3.03. The van der Waals surface area contributed by atoms with Gasteiger partial charge in [0.05, 0.1) is 24.5 Å². The van der Waals surface area contributed by atoms with Crippen LogP contribution in [-0.2, 0) is 23.1 Å². The quantitative estimate of drug-likeness (QED) is 0.780. The number of hydrogen-bond acceptors (Lipinski definition) is 5. The molecule has 8 nitrogen and oxygen atoms in total. The van der Waals surface area contributed by atoms with Crippen LogP contribution in [0.3, 0.4) is 0 Å². The van der Waals surface area contributed by atoms with Crippen molar-refractivity contribution in [3.63, 3.8) is 0 Å². The molecule has 0 aliphatic carbocycles. The molecule has 1 atom stereocenters. The fraction of sp³-hybridized carbons (Fsp3) is 0.444. The molecule has 136 valence electrons. The number of carbonyl (C=O) groups is 2. The first-order chi connectivity index (χ1) is 12.6. The number of nitrogens with zero attached hydrogens (tertiary/aromatic N) is 5. The minimum Gasteiger partial charge on any atom is -0.378 e. The Morgan fingerprint density at radius 1 is 1.23 bits per heavy atom. The third-order valence-corrected chi connectivity index (χ3v) is 4.85. The number of rotatable bonds is 2. The average Bonchev–Trinajstić information content (AvgIpc) is 3.07. The van der Waals surface area contributed by atoms with Crippen LogP contribution in [0.4, 0.5) is 0 Å². The Morgan fingerprint density at radius 2 is 2.04 bits per heavy atom. The SMILES string of the molecule is Cn1cc2c(n1)[C@@H](C(=O)N1CCOCC1)CN(C(=O)c1cccnc1)C2. The van der Waals surface area contributed by atoms with Crippen LogP contribution in [0, 0.1) is 0 Å². The van der Waals surface area contributed by atoms with Crippen LogP contribution in [0.2, 0.25) is 0 Å². The molecule has 26 heavy (non-hydrogen) atoms. The molecule has 0 bridgehead atoms. The van der Waals surface area contributed by atoms with E-state index >= 15 is 0 Å². The maximum Gasteiger partial charge on any atom is 0.255 e. The van der Waals surface area contributed by atoms with E-state index in [0.29, 0.717) is 45.0 Å². The van der Waals surface area contributed by atoms with E-state index in [1.807, 2.05) is 18.1 Å². The third kappa shape index (κ3) is 3.08. The molecule has 0 N–H and O–H groups in total. The lowest BCUT2D eigenvalue weighted by molar-refractivity contribution is -0.137. The number of fused-ring (bicyclic) bond motifs is 1. The summed E-state index contributed by atoms with van der Waals surface area (Å²) >= 11 is 0. The van der Waals surface area contributed by atoms with Crippen molar-refractivity contribution >= 4 is 11.8 Å². The number of pyridine rings is 1. The second-order valence-electron chi connectivity index (χ2n) is 6.63. The van der Waals surface area contributed by atoms with Gasteiger partial charge in [-0.25, -0.2) is 0 Å². The van der Waals surface area contributed by atoms with Gasteiger partial charge in [-0.15, -0.1) is 0 Å². The summed E-state index contributed by atoms with van der Waals surface area (Å²) in [5.41, 5.74) is 2.22. The van der Waals surface area contributed by atoms with Crippen LogP contribution >= 0.6 is 0 Å². The first kappa shape index (κ1) is 16.7. The lowest BCUT2D eigenvalue weighted by atomic mass is 9.94. The van der Waals surface area contributed by atoms with Gasteiger partial charge in [0.2, 0.25) is 5.91 Å². The molecule has 2 aliphatic heterocycles. The maximum absolute atomic E-state index is 13.1. The predicted octanol–water partition coefficient (Wildman–Crippen LogP) is 0.413. The molecule has 0 saturated carbocycles. The fourth-order valence-corrected chi connectivity index (χ4v) is 3.57. The molecule has 2 aliphatic rings. The highest BCUT2D eigenvalue weighted by Crippen LogP contribution is 2.30. The van der Waals surface area contributed by atoms with E-state index in [2.05, 4.69) is 10.1 Å². The van der Waals surface area contributed by atoms with E-state index in [0.717, 1.165) is 11.3 Å². The molecule has 0 aromatic carbocycles. The number of carbonyl (C=O) groups excluding carboxylic acids is 2. The zero-order chi connectivity index (χ0) is 18.1. The number of ether oxygens (including phenoxy) is 1. The van der Waals surface area contributed by atoms with Crippen LogP contribution in [-0.4, -0.2) is 69.2 Å². The van der Waals surface area contributed by atoms with Crippen molar-refractivity contribution in [1.82, 2.24) is 24.6 Å². The Hall–Kier alpha value is -2.74. The largest absolute Gasteiger partial charge is 0.378 e. The first-order valence-electron chi connectivity index (χ1n) is 8.71. The van der Waals surface area contributed by atoms with Crippen LogP contribution < -0.4 is 0 Å². The minimum absolute atomic E-state index is 0.0111. The Balaban J connectivity index is 1.62. The molecular formula is C18H21N5O3. The summed E-state index contributed by atoms with van der Waals surface area (Å²) in [6.07, 6.45) is 5.08. The zero-order valence-corrected chi connectivity index (χ0v) is 14.7. The van der Waals surface area contributed by atoms with Crippen molar-refractivity contribution in [3.05, 3.63) is 47.5 Å². The summed E-state index contributed by atoms with van der Waals surface area (Å²) < 4.78 is 7.05. The molecule has 2 aromatic heterocycles. The van der Waals surface area contributed by atoms with Gasteiger partial charge in [-0.2, -0.15) is 5.10 Å². The fourth-order valence-electron chi connectivity index (χ4n) is 3.57. The van der Waals surface area contributed by atoms with E-state index < -0.39 is 5.92 Å². The number of hydrogen-bond donors (Lipinski definition) is 0. The summed E-state index contributed by atoms with van der Waals surface area (Å²) in [5.74, 6) is -0.553. The van der Waals surface area contributed by atoms with Crippen molar-refractivity contribution in [2.45, 2.75) is 12.5 Å². The molecule has 1 fully saturated rings. The molecular weight excluding hydrogens is 334 g/mol. The van der Waals surface area contributed by atoms with Gasteiger partial charge in [-0.05, 0) is 12.1 Å². The van der Waals surface area contributed by atoms with E-state index in [9.17, 15) is 9.59 Å². The molecule has 2 aromatic rings. The Morgan fingerprint density at radius 3 is 2.77 bits per heavy atom. The lowest BCUT2D eigenvalue weighted by Crippen LogP contribution is -2.48. The van der Waals surface area contributed by atoms with Crippen molar-refractivity contribution in [2.75, 3.05) is 32.8 Å². The van der Waals surface area contributed by atoms with E-state index in [1.165, 1.54) is 0 Å². The molecule has 8 heteroatoms. The van der Waals surface area contributed by atoms with Gasteiger partial charge in [0.1, 0.15) is 5.92 Å². The second kappa shape index (κ2) is 6.87. The van der Waals surface area contributed by atoms with Gasteiger partial charge in [-0.1, -0.05) is 0 Å². The molecule has 0 radical (unpaired) electrons. The lowest BCUT2D eigenvalue weighted by Gasteiger charge is -2.35. The number of morpholine rings is 1. The minimum atomic E-state index is -0.446. The topological polar surface area (TPSA) is 80.6 Å². The van der Waals surface area contributed by atoms with Crippen LogP contribution in [0.15, 0.2) is 30.7 Å². The van der Waals surface area contributed by atoms with E-state index in [1.54, 1.807) is 34.1 Å². The summed E-state index contributed by atoms with van der Waals surface area (Å²) in [4.78, 5) is 33.5. The Labute approximate surface area is 151 Å². The van der Waals surface area contributed by atoms with Gasteiger partial charge in [0, 0.05) is 57.4 Å². The van der Waals surface area contributed by atoms with Gasteiger partial charge in [-0.3, -0.25) is 19.3 Å². The van der Waals surface area contributed by atoms with Crippen LogP contribution in [0.5, 0.6) is 0 Å². The van der Waals surface area contributed by atoms with Crippen LogP contribution in [0.1, 0.15) is 27.5 Å². The standard InChI is InChI=1S/C18H21N5O3/c1-21-10-14-11-23(17(24)13-3-2-4-19-9-13)12-15(16(14)20-21)18(25)22-5-7-26-8-6-22/h2-4,9-10,15H,5-8,11-12H2,1H3/t15-/m0/s1. The Bertz CT molecular complexity index is 813. The van der Waals surface area contributed by atoms with Gasteiger partial charge in [0.25, 0.3) is 5.91 Å². The highest BCUT2D eigenvalue weighted by atomic mass is 16.5. The smallest absolute Gasteiger partial charge is 0.255 e. The van der Waals surface area contributed by atoms with Gasteiger partial charge < -0.3 is 14.5 Å². The number of aromatic nitrogens is 3. The molecule has 2 amide bonds. The number of amides is 2. The molecule has 0 spiro atoms. The summed E-state index contributed by atoms with van der Waals surface area (Å²) in [7, 11) is 1.84. The molecule has 1 saturated heterocycles. The molecule has 4 rings (SSSR count). The number of aryl methyl sites for hydroxylation is 1. The highest BCUT2D eigenvalue weighted by Gasteiger charge is 2.37. The molecule has 4 heterocycles. The predicted molar refractivity (Wildman–Crippen MR) is 92.3 cm³/mol. The zero-order valence-electron chi connectivity index (χ0n) is 14.7. The van der Waals surface area contributed by atoms with Crippen LogP contribution in [0.25, 0.3) is 0 Å². The first-order valence-corrected chi connectivity index (χ1v) is 8.71. The maximum atomic E-state index is 13.1. The Kier molecular flexibility index (Phi) is 4.42. The van der Waals surface area contributed by atoms with Crippen molar-refractivity contribution in [1.29, 1.82) is 0 Å².